The van der Waals surface area contributed by atoms with E-state index in [1.807, 2.05) is 6.92 Å². The van der Waals surface area contributed by atoms with Crippen LogP contribution in [0.25, 0.3) is 0 Å². The van der Waals surface area contributed by atoms with E-state index in [4.69, 9.17) is 4.74 Å². The first kappa shape index (κ1) is 9.97. The summed E-state index contributed by atoms with van der Waals surface area (Å²) in [4.78, 5) is 11.4. The van der Waals surface area contributed by atoms with E-state index in [1.165, 1.54) is 12.8 Å². The number of amides is 1. The number of carbonyl (C=O) groups excluding carboxylic acids is 1. The maximum atomic E-state index is 11.4. The molecule has 1 heterocycles. The van der Waals surface area contributed by atoms with Crippen molar-refractivity contribution in [1.82, 2.24) is 5.32 Å². The van der Waals surface area contributed by atoms with Crippen LogP contribution in [-0.2, 0) is 9.53 Å². The van der Waals surface area contributed by atoms with Gasteiger partial charge in [-0.2, -0.15) is 0 Å². The number of carbonyl (C=O) groups is 1. The van der Waals surface area contributed by atoms with Crippen LogP contribution in [0, 0.1) is 11.8 Å². The Hall–Kier alpha value is -0.570. The molecule has 1 saturated heterocycles. The molecule has 2 rings (SSSR count). The van der Waals surface area contributed by atoms with Gasteiger partial charge in [-0.15, -0.1) is 0 Å². The standard InChI is InChI=1S/C11H19NO2/c1-8-9(7-12-10(8)13)11(14-2)5-3-4-6-11/h8-9H,3-7H2,1-2H3,(H,12,13). The van der Waals surface area contributed by atoms with Gasteiger partial charge in [-0.25, -0.2) is 0 Å². The number of ether oxygens (including phenoxy) is 1. The molecular formula is C11H19NO2. The second-order valence-corrected chi connectivity index (χ2v) is 4.62. The fourth-order valence-corrected chi connectivity index (χ4v) is 3.07. The summed E-state index contributed by atoms with van der Waals surface area (Å²) in [5, 5.41) is 2.94. The van der Waals surface area contributed by atoms with Crippen molar-refractivity contribution < 1.29 is 9.53 Å². The molecule has 0 radical (unpaired) electrons. The molecule has 1 aliphatic heterocycles. The summed E-state index contributed by atoms with van der Waals surface area (Å²) in [5.41, 5.74) is -0.0153. The lowest BCUT2D eigenvalue weighted by atomic mass is 9.79. The third-order valence-corrected chi connectivity index (χ3v) is 4.05. The van der Waals surface area contributed by atoms with Gasteiger partial charge in [0.15, 0.2) is 0 Å². The summed E-state index contributed by atoms with van der Waals surface area (Å²) in [6.07, 6.45) is 4.72. The molecule has 80 valence electrons. The molecule has 0 aromatic rings. The van der Waals surface area contributed by atoms with Crippen LogP contribution in [0.15, 0.2) is 0 Å². The molecule has 1 amide bonds. The first-order valence-electron chi connectivity index (χ1n) is 5.52. The second kappa shape index (κ2) is 3.54. The second-order valence-electron chi connectivity index (χ2n) is 4.62. The maximum absolute atomic E-state index is 11.4. The Balaban J connectivity index is 2.16. The largest absolute Gasteiger partial charge is 0.378 e. The van der Waals surface area contributed by atoms with Crippen LogP contribution >= 0.6 is 0 Å². The van der Waals surface area contributed by atoms with Gasteiger partial charge in [-0.1, -0.05) is 19.8 Å². The van der Waals surface area contributed by atoms with Crippen molar-refractivity contribution in [1.29, 1.82) is 0 Å². The molecule has 0 aromatic heterocycles. The van der Waals surface area contributed by atoms with Gasteiger partial charge in [0.05, 0.1) is 5.60 Å². The number of methoxy groups -OCH3 is 1. The van der Waals surface area contributed by atoms with E-state index >= 15 is 0 Å². The molecular weight excluding hydrogens is 178 g/mol. The van der Waals surface area contributed by atoms with Crippen molar-refractivity contribution in [3.05, 3.63) is 0 Å². The molecule has 0 bridgehead atoms. The summed E-state index contributed by atoms with van der Waals surface area (Å²) in [5.74, 6) is 0.689. The first-order valence-corrected chi connectivity index (χ1v) is 5.52. The van der Waals surface area contributed by atoms with E-state index in [2.05, 4.69) is 5.32 Å². The van der Waals surface area contributed by atoms with Gasteiger partial charge in [0.2, 0.25) is 5.91 Å². The van der Waals surface area contributed by atoms with Crippen molar-refractivity contribution in [2.45, 2.75) is 38.2 Å². The van der Waals surface area contributed by atoms with E-state index in [1.54, 1.807) is 7.11 Å². The minimum absolute atomic E-state index is 0.0153. The van der Waals surface area contributed by atoms with E-state index in [0.717, 1.165) is 19.4 Å². The molecule has 1 aliphatic carbocycles. The van der Waals surface area contributed by atoms with Crippen LogP contribution < -0.4 is 5.32 Å². The highest BCUT2D eigenvalue weighted by Gasteiger charge is 2.48. The molecule has 2 unspecified atom stereocenters. The lowest BCUT2D eigenvalue weighted by molar-refractivity contribution is -0.125. The van der Waals surface area contributed by atoms with Crippen LogP contribution in [0.1, 0.15) is 32.6 Å². The Morgan fingerprint density at radius 2 is 2.07 bits per heavy atom. The Kier molecular flexibility index (Phi) is 2.52. The zero-order valence-corrected chi connectivity index (χ0v) is 9.01. The van der Waals surface area contributed by atoms with Gasteiger partial charge in [0.25, 0.3) is 0 Å². The predicted octanol–water partition coefficient (Wildman–Crippen LogP) is 1.33. The number of hydrogen-bond acceptors (Lipinski definition) is 2. The minimum Gasteiger partial charge on any atom is -0.378 e. The highest BCUT2D eigenvalue weighted by atomic mass is 16.5. The third-order valence-electron chi connectivity index (χ3n) is 4.05. The summed E-state index contributed by atoms with van der Waals surface area (Å²) in [6, 6.07) is 0. The van der Waals surface area contributed by atoms with E-state index in [-0.39, 0.29) is 17.4 Å². The molecule has 1 saturated carbocycles. The van der Waals surface area contributed by atoms with Crippen LogP contribution in [0.5, 0.6) is 0 Å². The summed E-state index contributed by atoms with van der Waals surface area (Å²) in [6.45, 7) is 2.82. The van der Waals surface area contributed by atoms with Crippen molar-refractivity contribution in [2.24, 2.45) is 11.8 Å². The van der Waals surface area contributed by atoms with Gasteiger partial charge in [-0.3, -0.25) is 4.79 Å². The zero-order valence-electron chi connectivity index (χ0n) is 9.01. The first-order chi connectivity index (χ1) is 6.69. The smallest absolute Gasteiger partial charge is 0.223 e. The molecule has 3 heteroatoms. The number of nitrogens with one attached hydrogen (secondary N) is 1. The number of hydrogen-bond donors (Lipinski definition) is 1. The van der Waals surface area contributed by atoms with Gasteiger partial charge in [-0.05, 0) is 12.8 Å². The Labute approximate surface area is 85.2 Å². The monoisotopic (exact) mass is 197 g/mol. The van der Waals surface area contributed by atoms with Crippen LogP contribution in [-0.4, -0.2) is 25.2 Å². The molecule has 2 fully saturated rings. The lowest BCUT2D eigenvalue weighted by Crippen LogP contribution is -2.41. The van der Waals surface area contributed by atoms with E-state index in [9.17, 15) is 4.79 Å². The fraction of sp³-hybridized carbons (Fsp3) is 0.909. The molecule has 1 N–H and O–H groups in total. The topological polar surface area (TPSA) is 38.3 Å². The van der Waals surface area contributed by atoms with Crippen molar-refractivity contribution in [3.63, 3.8) is 0 Å². The molecule has 14 heavy (non-hydrogen) atoms. The van der Waals surface area contributed by atoms with Crippen LogP contribution in [0.2, 0.25) is 0 Å². The normalized spacial score (nSPS) is 36.0. The molecule has 0 aromatic carbocycles. The summed E-state index contributed by atoms with van der Waals surface area (Å²) < 4.78 is 5.71. The van der Waals surface area contributed by atoms with Gasteiger partial charge in [0, 0.05) is 25.5 Å². The third kappa shape index (κ3) is 1.34. The average Bonchev–Trinajstić information content (AvgIpc) is 2.77. The molecule has 0 spiro atoms. The fourth-order valence-electron chi connectivity index (χ4n) is 3.07. The van der Waals surface area contributed by atoms with Gasteiger partial charge < -0.3 is 10.1 Å². The quantitative estimate of drug-likeness (QED) is 0.725. The number of rotatable bonds is 2. The Morgan fingerprint density at radius 3 is 2.50 bits per heavy atom. The van der Waals surface area contributed by atoms with Crippen molar-refractivity contribution in [2.75, 3.05) is 13.7 Å². The van der Waals surface area contributed by atoms with Crippen molar-refractivity contribution in [3.8, 4) is 0 Å². The van der Waals surface area contributed by atoms with Gasteiger partial charge >= 0.3 is 0 Å². The molecule has 2 aliphatic rings. The summed E-state index contributed by atoms with van der Waals surface area (Å²) in [7, 11) is 1.79. The predicted molar refractivity (Wildman–Crippen MR) is 53.9 cm³/mol. The Morgan fingerprint density at radius 1 is 1.43 bits per heavy atom. The minimum atomic E-state index is -0.0153. The molecule has 2 atom stereocenters. The Bertz CT molecular complexity index is 233. The van der Waals surface area contributed by atoms with E-state index in [0.29, 0.717) is 5.92 Å². The van der Waals surface area contributed by atoms with Crippen molar-refractivity contribution >= 4 is 5.91 Å². The molecule has 3 nitrogen and oxygen atoms in total. The highest BCUT2D eigenvalue weighted by Crippen LogP contribution is 2.43. The van der Waals surface area contributed by atoms with Crippen LogP contribution in [0.3, 0.4) is 0 Å². The average molecular weight is 197 g/mol. The SMILES string of the molecule is COC1(C2CNC(=O)C2C)CCCC1. The van der Waals surface area contributed by atoms with Gasteiger partial charge in [0.1, 0.15) is 0 Å². The zero-order chi connectivity index (χ0) is 10.2. The highest BCUT2D eigenvalue weighted by molar-refractivity contribution is 5.81. The van der Waals surface area contributed by atoms with Crippen LogP contribution in [0.4, 0.5) is 0 Å². The van der Waals surface area contributed by atoms with E-state index < -0.39 is 0 Å². The summed E-state index contributed by atoms with van der Waals surface area (Å²) >= 11 is 0. The maximum Gasteiger partial charge on any atom is 0.223 e. The lowest BCUT2D eigenvalue weighted by Gasteiger charge is -2.35.